The SMILES string of the molecule is CCC(C)N(C)c1nc(C2CC2)c(CNC2CC2)s1. The van der Waals surface area contributed by atoms with Crippen molar-refractivity contribution in [3.05, 3.63) is 10.6 Å². The van der Waals surface area contributed by atoms with Gasteiger partial charge in [0, 0.05) is 36.5 Å². The monoisotopic (exact) mass is 279 g/mol. The molecule has 2 aliphatic carbocycles. The fourth-order valence-corrected chi connectivity index (χ4v) is 3.45. The fraction of sp³-hybridized carbons (Fsp3) is 0.800. The second-order valence-corrected chi connectivity index (χ2v) is 7.16. The number of nitrogens with one attached hydrogen (secondary N) is 1. The summed E-state index contributed by atoms with van der Waals surface area (Å²) in [4.78, 5) is 8.77. The van der Waals surface area contributed by atoms with Gasteiger partial charge in [-0.25, -0.2) is 4.98 Å². The van der Waals surface area contributed by atoms with E-state index in [4.69, 9.17) is 4.98 Å². The van der Waals surface area contributed by atoms with Crippen LogP contribution in [0.2, 0.25) is 0 Å². The lowest BCUT2D eigenvalue weighted by molar-refractivity contribution is 0.660. The van der Waals surface area contributed by atoms with E-state index >= 15 is 0 Å². The predicted molar refractivity (Wildman–Crippen MR) is 82.1 cm³/mol. The number of nitrogens with zero attached hydrogens (tertiary/aromatic N) is 2. The van der Waals surface area contributed by atoms with E-state index in [1.807, 2.05) is 11.3 Å². The second kappa shape index (κ2) is 5.41. The van der Waals surface area contributed by atoms with Crippen LogP contribution in [0.4, 0.5) is 5.13 Å². The molecule has 3 nitrogen and oxygen atoms in total. The van der Waals surface area contributed by atoms with E-state index in [1.54, 1.807) is 0 Å². The highest BCUT2D eigenvalue weighted by molar-refractivity contribution is 7.15. The molecule has 1 heterocycles. The van der Waals surface area contributed by atoms with Gasteiger partial charge in [-0.15, -0.1) is 11.3 Å². The zero-order chi connectivity index (χ0) is 13.4. The van der Waals surface area contributed by atoms with E-state index in [2.05, 4.69) is 31.1 Å². The van der Waals surface area contributed by atoms with Gasteiger partial charge in [-0.3, -0.25) is 0 Å². The third-order valence-corrected chi connectivity index (χ3v) is 5.52. The van der Waals surface area contributed by atoms with Gasteiger partial charge in [0.15, 0.2) is 5.13 Å². The summed E-state index contributed by atoms with van der Waals surface area (Å²) in [6.45, 7) is 5.55. The molecule has 1 unspecified atom stereocenters. The van der Waals surface area contributed by atoms with Crippen molar-refractivity contribution in [2.45, 2.75) is 70.5 Å². The summed E-state index contributed by atoms with van der Waals surface area (Å²) < 4.78 is 0. The molecule has 2 aliphatic rings. The highest BCUT2D eigenvalue weighted by Gasteiger charge is 2.31. The molecule has 4 heteroatoms. The minimum absolute atomic E-state index is 0.572. The van der Waals surface area contributed by atoms with Gasteiger partial charge in [0.2, 0.25) is 0 Å². The van der Waals surface area contributed by atoms with Crippen LogP contribution in [0.1, 0.15) is 62.4 Å². The van der Waals surface area contributed by atoms with Crippen molar-refractivity contribution in [2.24, 2.45) is 0 Å². The van der Waals surface area contributed by atoms with Crippen LogP contribution in [0.5, 0.6) is 0 Å². The molecular formula is C15H25N3S. The van der Waals surface area contributed by atoms with Gasteiger partial charge in [-0.1, -0.05) is 6.92 Å². The standard InChI is InChI=1S/C15H25N3S/c1-4-10(2)18(3)15-17-14(11-5-6-11)13(19-15)9-16-12-7-8-12/h10-12,16H,4-9H2,1-3H3. The Morgan fingerprint density at radius 2 is 2.11 bits per heavy atom. The average Bonchev–Trinajstić information content (AvgIpc) is 3.33. The lowest BCUT2D eigenvalue weighted by atomic mass is 10.2. The van der Waals surface area contributed by atoms with E-state index < -0.39 is 0 Å². The molecule has 0 bridgehead atoms. The van der Waals surface area contributed by atoms with Gasteiger partial charge in [0.25, 0.3) is 0 Å². The van der Waals surface area contributed by atoms with E-state index in [0.717, 1.165) is 18.5 Å². The molecule has 0 aliphatic heterocycles. The fourth-order valence-electron chi connectivity index (χ4n) is 2.29. The van der Waals surface area contributed by atoms with Crippen molar-refractivity contribution in [3.63, 3.8) is 0 Å². The smallest absolute Gasteiger partial charge is 0.185 e. The molecule has 0 aromatic carbocycles. The highest BCUT2D eigenvalue weighted by atomic mass is 32.1. The van der Waals surface area contributed by atoms with Crippen LogP contribution in [-0.4, -0.2) is 24.1 Å². The van der Waals surface area contributed by atoms with Crippen LogP contribution in [-0.2, 0) is 6.54 Å². The highest BCUT2D eigenvalue weighted by Crippen LogP contribution is 2.44. The molecule has 0 amide bonds. The Balaban J connectivity index is 1.74. The van der Waals surface area contributed by atoms with Gasteiger partial charge < -0.3 is 10.2 Å². The average molecular weight is 279 g/mol. The Morgan fingerprint density at radius 3 is 2.68 bits per heavy atom. The van der Waals surface area contributed by atoms with Crippen molar-refractivity contribution < 1.29 is 0 Å². The van der Waals surface area contributed by atoms with Crippen molar-refractivity contribution in [1.29, 1.82) is 0 Å². The number of anilines is 1. The van der Waals surface area contributed by atoms with Crippen molar-refractivity contribution in [2.75, 3.05) is 11.9 Å². The van der Waals surface area contributed by atoms with E-state index in [9.17, 15) is 0 Å². The van der Waals surface area contributed by atoms with Crippen molar-refractivity contribution >= 4 is 16.5 Å². The van der Waals surface area contributed by atoms with Gasteiger partial charge in [-0.2, -0.15) is 0 Å². The zero-order valence-electron chi connectivity index (χ0n) is 12.3. The Bertz CT molecular complexity index is 435. The third-order valence-electron chi connectivity index (χ3n) is 4.36. The van der Waals surface area contributed by atoms with Crippen molar-refractivity contribution in [3.8, 4) is 0 Å². The zero-order valence-corrected chi connectivity index (χ0v) is 13.1. The molecule has 0 saturated heterocycles. The summed E-state index contributed by atoms with van der Waals surface area (Å²) >= 11 is 1.90. The minimum atomic E-state index is 0.572. The summed E-state index contributed by atoms with van der Waals surface area (Å²) in [6.07, 6.45) is 6.57. The van der Waals surface area contributed by atoms with E-state index in [0.29, 0.717) is 6.04 Å². The summed E-state index contributed by atoms with van der Waals surface area (Å²) in [7, 11) is 2.18. The lowest BCUT2D eigenvalue weighted by Gasteiger charge is -2.22. The summed E-state index contributed by atoms with van der Waals surface area (Å²) in [6, 6.07) is 1.35. The maximum absolute atomic E-state index is 4.94. The molecule has 19 heavy (non-hydrogen) atoms. The molecule has 0 radical (unpaired) electrons. The molecule has 1 aromatic heterocycles. The van der Waals surface area contributed by atoms with Crippen LogP contribution in [0.25, 0.3) is 0 Å². The molecule has 1 N–H and O–H groups in total. The van der Waals surface area contributed by atoms with Gasteiger partial charge in [-0.05, 0) is 39.0 Å². The maximum atomic E-state index is 4.94. The number of thiazole rings is 1. The first-order valence-corrected chi connectivity index (χ1v) is 8.46. The minimum Gasteiger partial charge on any atom is -0.348 e. The molecule has 2 saturated carbocycles. The largest absolute Gasteiger partial charge is 0.348 e. The second-order valence-electron chi connectivity index (χ2n) is 6.10. The number of hydrogen-bond acceptors (Lipinski definition) is 4. The molecular weight excluding hydrogens is 254 g/mol. The number of hydrogen-bond donors (Lipinski definition) is 1. The van der Waals surface area contributed by atoms with Gasteiger partial charge in [0.1, 0.15) is 0 Å². The topological polar surface area (TPSA) is 28.2 Å². The molecule has 1 aromatic rings. The number of rotatable bonds is 7. The lowest BCUT2D eigenvalue weighted by Crippen LogP contribution is -2.27. The Hall–Kier alpha value is -0.610. The van der Waals surface area contributed by atoms with E-state index in [-0.39, 0.29) is 0 Å². The summed E-state index contributed by atoms with van der Waals surface area (Å²) in [5.41, 5.74) is 1.39. The number of aromatic nitrogens is 1. The first-order chi connectivity index (χ1) is 9.19. The van der Waals surface area contributed by atoms with Gasteiger partial charge >= 0.3 is 0 Å². The molecule has 2 fully saturated rings. The maximum Gasteiger partial charge on any atom is 0.185 e. The van der Waals surface area contributed by atoms with Gasteiger partial charge in [0.05, 0.1) is 5.69 Å². The normalized spacial score (nSPS) is 20.6. The van der Waals surface area contributed by atoms with E-state index in [1.165, 1.54) is 47.8 Å². The van der Waals surface area contributed by atoms with Crippen molar-refractivity contribution in [1.82, 2.24) is 10.3 Å². The third kappa shape index (κ3) is 3.11. The van der Waals surface area contributed by atoms with Crippen LogP contribution < -0.4 is 10.2 Å². The Morgan fingerprint density at radius 1 is 1.37 bits per heavy atom. The molecule has 106 valence electrons. The molecule has 3 rings (SSSR count). The quantitative estimate of drug-likeness (QED) is 0.828. The summed E-state index contributed by atoms with van der Waals surface area (Å²) in [5, 5.41) is 4.86. The van der Waals surface area contributed by atoms with Crippen LogP contribution >= 0.6 is 11.3 Å². The van der Waals surface area contributed by atoms with Crippen LogP contribution in [0.15, 0.2) is 0 Å². The Labute approximate surface area is 120 Å². The summed E-state index contributed by atoms with van der Waals surface area (Å²) in [5.74, 6) is 0.756. The predicted octanol–water partition coefficient (Wildman–Crippen LogP) is 3.51. The molecule has 1 atom stereocenters. The first kappa shape index (κ1) is 13.4. The first-order valence-electron chi connectivity index (χ1n) is 7.64. The van der Waals surface area contributed by atoms with Crippen LogP contribution in [0, 0.1) is 0 Å². The molecule has 0 spiro atoms. The van der Waals surface area contributed by atoms with Crippen LogP contribution in [0.3, 0.4) is 0 Å². The Kier molecular flexibility index (Phi) is 3.81.